The molecule has 2 rings (SSSR count). The zero-order valence-corrected chi connectivity index (χ0v) is 22.7. The number of aliphatic hydroxyl groups excluding tert-OH is 1. The Morgan fingerprint density at radius 2 is 1.59 bits per heavy atom. The van der Waals surface area contributed by atoms with Crippen molar-refractivity contribution in [2.75, 3.05) is 13.2 Å². The van der Waals surface area contributed by atoms with Gasteiger partial charge < -0.3 is 9.90 Å². The van der Waals surface area contributed by atoms with Crippen molar-refractivity contribution >= 4 is 24.4 Å². The molecule has 0 unspecified atom stereocenters. The molecule has 0 fully saturated rings. The van der Waals surface area contributed by atoms with Crippen LogP contribution in [0.15, 0.2) is 70.8 Å². The number of sulfonamides is 1. The number of nitrogens with zero attached hydrogens (tertiary/aromatic N) is 1. The number of hydrogen-bond acceptors (Lipinski definition) is 4. The predicted octanol–water partition coefficient (Wildman–Crippen LogP) is 5.15. The molecule has 34 heavy (non-hydrogen) atoms. The van der Waals surface area contributed by atoms with Gasteiger partial charge in [0.05, 0.1) is 19.6 Å². The summed E-state index contributed by atoms with van der Waals surface area (Å²) in [6.07, 6.45) is 3.26. The number of carbonyl (C=O) groups is 1. The summed E-state index contributed by atoms with van der Waals surface area (Å²) in [5.74, 6) is 0. The quantitative estimate of drug-likeness (QED) is 0.287. The average molecular weight is 502 g/mol. The van der Waals surface area contributed by atoms with E-state index in [1.165, 1.54) is 4.31 Å². The van der Waals surface area contributed by atoms with E-state index in [2.05, 4.69) is 20.8 Å². The molecule has 186 valence electrons. The lowest BCUT2D eigenvalue weighted by molar-refractivity contribution is -0.108. The number of hydrogen-bond donors (Lipinski definition) is 1. The smallest absolute Gasteiger partial charge is 0.243 e. The first-order valence-corrected chi connectivity index (χ1v) is 16.2. The van der Waals surface area contributed by atoms with Crippen LogP contribution in [0, 0.1) is 6.92 Å². The fourth-order valence-corrected chi connectivity index (χ4v) is 9.97. The normalized spacial score (nSPS) is 13.8. The van der Waals surface area contributed by atoms with Gasteiger partial charge in [-0.3, -0.25) is 0 Å². The Bertz CT molecular complexity index is 1020. The van der Waals surface area contributed by atoms with Gasteiger partial charge in [0.15, 0.2) is 0 Å². The third-order valence-electron chi connectivity index (χ3n) is 7.12. The first kappa shape index (κ1) is 28.2. The van der Waals surface area contributed by atoms with Crippen molar-refractivity contribution < 1.29 is 18.3 Å². The van der Waals surface area contributed by atoms with E-state index in [-0.39, 0.29) is 24.5 Å². The SMILES string of the molecule is CC[Si](CC)(CC)/C(=C/CN([C@H](CC=O)Cc1ccccc1)S(=O)(=O)c1ccc(C)cc1)CO. The molecule has 2 aromatic carbocycles. The molecule has 0 aromatic heterocycles. The molecule has 7 heteroatoms. The Morgan fingerprint density at radius 1 is 1.00 bits per heavy atom. The lowest BCUT2D eigenvalue weighted by Crippen LogP contribution is -2.43. The van der Waals surface area contributed by atoms with Gasteiger partial charge >= 0.3 is 0 Å². The van der Waals surface area contributed by atoms with E-state index in [0.717, 1.165) is 40.7 Å². The Labute approximate surface area is 206 Å². The average Bonchev–Trinajstić information content (AvgIpc) is 2.85. The molecule has 0 aliphatic heterocycles. The molecular formula is C27H39NO4SSi. The van der Waals surface area contributed by atoms with Crippen LogP contribution in [0.2, 0.25) is 18.1 Å². The van der Waals surface area contributed by atoms with Gasteiger partial charge in [0.25, 0.3) is 0 Å². The first-order valence-electron chi connectivity index (χ1n) is 12.1. The van der Waals surface area contributed by atoms with Crippen molar-refractivity contribution in [1.82, 2.24) is 4.31 Å². The van der Waals surface area contributed by atoms with Crippen molar-refractivity contribution in [1.29, 1.82) is 0 Å². The third-order valence-corrected chi connectivity index (χ3v) is 14.8. The Hall–Kier alpha value is -2.06. The highest BCUT2D eigenvalue weighted by molar-refractivity contribution is 7.89. The highest BCUT2D eigenvalue weighted by Crippen LogP contribution is 2.29. The van der Waals surface area contributed by atoms with Gasteiger partial charge in [-0.15, -0.1) is 0 Å². The van der Waals surface area contributed by atoms with E-state index in [1.807, 2.05) is 43.3 Å². The van der Waals surface area contributed by atoms with E-state index < -0.39 is 24.1 Å². The van der Waals surface area contributed by atoms with Crippen LogP contribution in [0.5, 0.6) is 0 Å². The van der Waals surface area contributed by atoms with E-state index in [4.69, 9.17) is 0 Å². The van der Waals surface area contributed by atoms with Gasteiger partial charge in [0.1, 0.15) is 6.29 Å². The maximum Gasteiger partial charge on any atom is 0.243 e. The van der Waals surface area contributed by atoms with Crippen LogP contribution in [0.1, 0.15) is 38.3 Å². The Balaban J connectivity index is 2.57. The van der Waals surface area contributed by atoms with Gasteiger partial charge in [0.2, 0.25) is 10.0 Å². The molecule has 1 atom stereocenters. The standard InChI is InChI=1S/C27H39NO4SSi/c1-5-34(6-2,7-3)27(22-30)17-19-28(33(31,32)26-15-13-23(4)14-16-26)25(18-20-29)21-24-11-9-8-10-12-24/h8-17,20,25,30H,5-7,18-19,21-22H2,1-4H3/b27-17+/t25-/m1/s1. The molecule has 0 spiro atoms. The van der Waals surface area contributed by atoms with E-state index in [9.17, 15) is 18.3 Å². The van der Waals surface area contributed by atoms with Crippen LogP contribution < -0.4 is 0 Å². The highest BCUT2D eigenvalue weighted by Gasteiger charge is 2.34. The summed E-state index contributed by atoms with van der Waals surface area (Å²) in [7, 11) is -5.73. The molecule has 5 nitrogen and oxygen atoms in total. The van der Waals surface area contributed by atoms with Crippen molar-refractivity contribution in [3.8, 4) is 0 Å². The Morgan fingerprint density at radius 3 is 2.09 bits per heavy atom. The number of aliphatic hydroxyl groups is 1. The molecule has 1 N–H and O–H groups in total. The zero-order valence-electron chi connectivity index (χ0n) is 20.9. The zero-order chi connectivity index (χ0) is 25.2. The summed E-state index contributed by atoms with van der Waals surface area (Å²) in [6.45, 7) is 8.47. The van der Waals surface area contributed by atoms with Gasteiger partial charge in [0, 0.05) is 19.0 Å². The fraction of sp³-hybridized carbons (Fsp3) is 0.444. The molecule has 0 saturated carbocycles. The van der Waals surface area contributed by atoms with E-state index >= 15 is 0 Å². The van der Waals surface area contributed by atoms with Gasteiger partial charge in [-0.1, -0.05) is 98.2 Å². The summed E-state index contributed by atoms with van der Waals surface area (Å²) in [4.78, 5) is 11.9. The van der Waals surface area contributed by atoms with Gasteiger partial charge in [-0.25, -0.2) is 8.42 Å². The van der Waals surface area contributed by atoms with Crippen molar-refractivity contribution in [3.05, 3.63) is 77.0 Å². The molecule has 0 bridgehead atoms. The second kappa shape index (κ2) is 13.1. The van der Waals surface area contributed by atoms with Gasteiger partial charge in [-0.05, 0) is 31.0 Å². The molecule has 0 heterocycles. The number of rotatable bonds is 14. The van der Waals surface area contributed by atoms with Crippen molar-refractivity contribution in [2.45, 2.75) is 69.6 Å². The maximum atomic E-state index is 13.8. The molecule has 0 saturated heterocycles. The molecule has 0 aliphatic carbocycles. The molecular weight excluding hydrogens is 462 g/mol. The van der Waals surface area contributed by atoms with E-state index in [0.29, 0.717) is 6.42 Å². The van der Waals surface area contributed by atoms with Crippen molar-refractivity contribution in [3.63, 3.8) is 0 Å². The summed E-state index contributed by atoms with van der Waals surface area (Å²) in [5, 5.41) is 11.2. The molecule has 2 aromatic rings. The summed E-state index contributed by atoms with van der Waals surface area (Å²) >= 11 is 0. The third kappa shape index (κ3) is 6.75. The molecule has 0 amide bonds. The maximum absolute atomic E-state index is 13.8. The second-order valence-electron chi connectivity index (χ2n) is 8.86. The van der Waals surface area contributed by atoms with Crippen LogP contribution in [0.3, 0.4) is 0 Å². The summed E-state index contributed by atoms with van der Waals surface area (Å²) in [5.41, 5.74) is 1.95. The largest absolute Gasteiger partial charge is 0.392 e. The minimum absolute atomic E-state index is 0.0583. The van der Waals surface area contributed by atoms with Crippen LogP contribution >= 0.6 is 0 Å². The topological polar surface area (TPSA) is 74.7 Å². The highest BCUT2D eigenvalue weighted by atomic mass is 32.2. The first-order chi connectivity index (χ1) is 16.3. The number of carbonyl (C=O) groups excluding carboxylic acids is 1. The van der Waals surface area contributed by atoms with Crippen LogP contribution in [0.4, 0.5) is 0 Å². The lowest BCUT2D eigenvalue weighted by Gasteiger charge is -2.33. The van der Waals surface area contributed by atoms with Gasteiger partial charge in [-0.2, -0.15) is 4.31 Å². The van der Waals surface area contributed by atoms with Crippen LogP contribution in [0.25, 0.3) is 0 Å². The Kier molecular flexibility index (Phi) is 10.9. The minimum Gasteiger partial charge on any atom is -0.392 e. The second-order valence-corrected chi connectivity index (χ2v) is 16.1. The van der Waals surface area contributed by atoms with E-state index in [1.54, 1.807) is 24.3 Å². The number of aryl methyl sites for hydroxylation is 1. The van der Waals surface area contributed by atoms with Crippen molar-refractivity contribution in [2.24, 2.45) is 0 Å². The number of aldehydes is 1. The van der Waals surface area contributed by atoms with Crippen LogP contribution in [-0.4, -0.2) is 51.4 Å². The minimum atomic E-state index is -3.87. The van der Waals surface area contributed by atoms with Crippen LogP contribution in [-0.2, 0) is 21.2 Å². The molecule has 0 radical (unpaired) electrons. The fourth-order valence-electron chi connectivity index (χ4n) is 4.67. The molecule has 0 aliphatic rings. The number of benzene rings is 2. The summed E-state index contributed by atoms with van der Waals surface area (Å²) in [6, 6.07) is 18.9. The monoisotopic (exact) mass is 501 g/mol. The predicted molar refractivity (Wildman–Crippen MR) is 142 cm³/mol. The lowest BCUT2D eigenvalue weighted by atomic mass is 10.0. The summed E-state index contributed by atoms with van der Waals surface area (Å²) < 4.78 is 29.1.